The second-order valence-corrected chi connectivity index (χ2v) is 4.73. The maximum Gasteiger partial charge on any atom is 0.331 e. The van der Waals surface area contributed by atoms with Crippen molar-refractivity contribution in [3.8, 4) is 0 Å². The summed E-state index contributed by atoms with van der Waals surface area (Å²) < 4.78 is 0. The molecule has 0 aromatic carbocycles. The molecule has 0 saturated heterocycles. The second-order valence-electron chi connectivity index (χ2n) is 4.73. The Morgan fingerprint density at radius 2 is 1.67 bits per heavy atom. The van der Waals surface area contributed by atoms with Crippen molar-refractivity contribution in [2.75, 3.05) is 0 Å². The molecule has 0 heterocycles. The highest BCUT2D eigenvalue weighted by Crippen LogP contribution is 2.11. The van der Waals surface area contributed by atoms with Gasteiger partial charge in [-0.2, -0.15) is 0 Å². The molecule has 0 spiro atoms. The molecule has 1 N–H and O–H groups in total. The maximum absolute atomic E-state index is 11.0. The first-order valence-corrected chi connectivity index (χ1v) is 7.31. The standard InChI is InChI=1S/C16H28O2/c1-3-5-7-9-10-12-14-15(16(17)18)13-11-8-6-4-2/h10,12,14H,3-9,11,13H2,1-2H3,(H,17,18). The number of hydrogen-bond donors (Lipinski definition) is 1. The fourth-order valence-corrected chi connectivity index (χ4v) is 1.80. The van der Waals surface area contributed by atoms with Crippen molar-refractivity contribution in [2.45, 2.75) is 71.6 Å². The number of hydrogen-bond acceptors (Lipinski definition) is 1. The smallest absolute Gasteiger partial charge is 0.331 e. The van der Waals surface area contributed by atoms with E-state index >= 15 is 0 Å². The predicted molar refractivity (Wildman–Crippen MR) is 77.8 cm³/mol. The number of allylic oxidation sites excluding steroid dienone is 3. The summed E-state index contributed by atoms with van der Waals surface area (Å²) in [4.78, 5) is 11.0. The Morgan fingerprint density at radius 1 is 1.00 bits per heavy atom. The van der Waals surface area contributed by atoms with E-state index in [1.54, 1.807) is 6.08 Å². The van der Waals surface area contributed by atoms with Crippen LogP contribution < -0.4 is 0 Å². The van der Waals surface area contributed by atoms with Gasteiger partial charge in [-0.25, -0.2) is 4.79 Å². The molecular weight excluding hydrogens is 224 g/mol. The first-order valence-electron chi connectivity index (χ1n) is 7.31. The zero-order valence-electron chi connectivity index (χ0n) is 12.0. The molecule has 0 amide bonds. The Hall–Kier alpha value is -1.05. The monoisotopic (exact) mass is 252 g/mol. The lowest BCUT2D eigenvalue weighted by Crippen LogP contribution is -2.00. The number of unbranched alkanes of at least 4 members (excludes halogenated alkanes) is 6. The van der Waals surface area contributed by atoms with Crippen LogP contribution in [0.25, 0.3) is 0 Å². The third kappa shape index (κ3) is 10.1. The molecular formula is C16H28O2. The van der Waals surface area contributed by atoms with Crippen LogP contribution in [0.1, 0.15) is 71.6 Å². The molecule has 104 valence electrons. The van der Waals surface area contributed by atoms with Gasteiger partial charge in [0.15, 0.2) is 0 Å². The average Bonchev–Trinajstić information content (AvgIpc) is 2.35. The molecule has 0 aliphatic carbocycles. The van der Waals surface area contributed by atoms with Crippen molar-refractivity contribution in [3.05, 3.63) is 23.8 Å². The summed E-state index contributed by atoms with van der Waals surface area (Å²) >= 11 is 0. The van der Waals surface area contributed by atoms with E-state index in [4.69, 9.17) is 5.11 Å². The van der Waals surface area contributed by atoms with Crippen LogP contribution >= 0.6 is 0 Å². The Bertz CT molecular complexity index is 264. The van der Waals surface area contributed by atoms with Crippen LogP contribution in [0, 0.1) is 0 Å². The topological polar surface area (TPSA) is 37.3 Å². The minimum absolute atomic E-state index is 0.540. The van der Waals surface area contributed by atoms with Gasteiger partial charge in [-0.3, -0.25) is 0 Å². The van der Waals surface area contributed by atoms with E-state index in [1.807, 2.05) is 6.08 Å². The molecule has 2 heteroatoms. The number of carboxylic acid groups (broad SMARTS) is 1. The molecule has 0 aromatic heterocycles. The lowest BCUT2D eigenvalue weighted by Gasteiger charge is -2.01. The molecule has 18 heavy (non-hydrogen) atoms. The van der Waals surface area contributed by atoms with Gasteiger partial charge in [0.2, 0.25) is 0 Å². The largest absolute Gasteiger partial charge is 0.478 e. The van der Waals surface area contributed by atoms with E-state index in [9.17, 15) is 4.79 Å². The highest BCUT2D eigenvalue weighted by Gasteiger charge is 2.04. The van der Waals surface area contributed by atoms with Crippen LogP contribution in [0.15, 0.2) is 23.8 Å². The van der Waals surface area contributed by atoms with Crippen LogP contribution in [0.2, 0.25) is 0 Å². The zero-order chi connectivity index (χ0) is 13.6. The first-order chi connectivity index (χ1) is 8.72. The maximum atomic E-state index is 11.0. The third-order valence-electron chi connectivity index (χ3n) is 2.98. The van der Waals surface area contributed by atoms with Gasteiger partial charge in [-0.05, 0) is 25.7 Å². The van der Waals surface area contributed by atoms with Crippen molar-refractivity contribution in [1.82, 2.24) is 0 Å². The van der Waals surface area contributed by atoms with E-state index in [-0.39, 0.29) is 0 Å². The van der Waals surface area contributed by atoms with Crippen molar-refractivity contribution in [1.29, 1.82) is 0 Å². The van der Waals surface area contributed by atoms with Crippen molar-refractivity contribution < 1.29 is 9.90 Å². The summed E-state index contributed by atoms with van der Waals surface area (Å²) in [6, 6.07) is 0. The van der Waals surface area contributed by atoms with Crippen LogP contribution in [-0.4, -0.2) is 11.1 Å². The predicted octanol–water partition coefficient (Wildman–Crippen LogP) is 5.10. The second kappa shape index (κ2) is 12.4. The van der Waals surface area contributed by atoms with Gasteiger partial charge in [0.05, 0.1) is 0 Å². The SMILES string of the molecule is CCCCCC=CC=C(CCCCCC)C(=O)O. The molecule has 0 unspecified atom stereocenters. The molecule has 0 aromatic rings. The first kappa shape index (κ1) is 16.9. The van der Waals surface area contributed by atoms with E-state index in [0.717, 1.165) is 19.3 Å². The molecule has 0 saturated carbocycles. The van der Waals surface area contributed by atoms with E-state index < -0.39 is 5.97 Å². The minimum Gasteiger partial charge on any atom is -0.478 e. The highest BCUT2D eigenvalue weighted by atomic mass is 16.4. The Balaban J connectivity index is 3.96. The van der Waals surface area contributed by atoms with Gasteiger partial charge < -0.3 is 5.11 Å². The molecule has 0 rings (SSSR count). The quantitative estimate of drug-likeness (QED) is 0.315. The average molecular weight is 252 g/mol. The number of aliphatic carboxylic acids is 1. The summed E-state index contributed by atoms with van der Waals surface area (Å²) in [6.45, 7) is 4.34. The summed E-state index contributed by atoms with van der Waals surface area (Å²) in [5, 5.41) is 9.07. The Kier molecular flexibility index (Phi) is 11.7. The summed E-state index contributed by atoms with van der Waals surface area (Å²) in [5.41, 5.74) is 0.540. The van der Waals surface area contributed by atoms with E-state index in [1.165, 1.54) is 32.1 Å². The van der Waals surface area contributed by atoms with Gasteiger partial charge in [0.1, 0.15) is 0 Å². The molecule has 0 aliphatic heterocycles. The molecule has 2 nitrogen and oxygen atoms in total. The highest BCUT2D eigenvalue weighted by molar-refractivity contribution is 5.86. The number of carboxylic acids is 1. The Morgan fingerprint density at radius 3 is 2.28 bits per heavy atom. The number of carbonyl (C=O) groups is 1. The van der Waals surface area contributed by atoms with Gasteiger partial charge in [-0.15, -0.1) is 0 Å². The van der Waals surface area contributed by atoms with Crippen LogP contribution in [-0.2, 0) is 4.79 Å². The summed E-state index contributed by atoms with van der Waals surface area (Å²) in [5.74, 6) is -0.773. The Labute approximate surface area is 112 Å². The van der Waals surface area contributed by atoms with Crippen molar-refractivity contribution >= 4 is 5.97 Å². The molecule has 0 radical (unpaired) electrons. The molecule has 0 fully saturated rings. The molecule has 0 atom stereocenters. The summed E-state index contributed by atoms with van der Waals surface area (Å²) in [6.07, 6.45) is 15.6. The van der Waals surface area contributed by atoms with Crippen molar-refractivity contribution in [2.24, 2.45) is 0 Å². The van der Waals surface area contributed by atoms with Crippen LogP contribution in [0.5, 0.6) is 0 Å². The normalized spacial score (nSPS) is 12.2. The van der Waals surface area contributed by atoms with Gasteiger partial charge in [0, 0.05) is 5.57 Å². The zero-order valence-corrected chi connectivity index (χ0v) is 12.0. The van der Waals surface area contributed by atoms with Crippen LogP contribution in [0.3, 0.4) is 0 Å². The van der Waals surface area contributed by atoms with E-state index in [0.29, 0.717) is 12.0 Å². The molecule has 0 aliphatic rings. The third-order valence-corrected chi connectivity index (χ3v) is 2.98. The number of rotatable bonds is 11. The van der Waals surface area contributed by atoms with Crippen molar-refractivity contribution in [3.63, 3.8) is 0 Å². The summed E-state index contributed by atoms with van der Waals surface area (Å²) in [7, 11) is 0. The minimum atomic E-state index is -0.773. The van der Waals surface area contributed by atoms with Gasteiger partial charge in [0.25, 0.3) is 0 Å². The van der Waals surface area contributed by atoms with Crippen LogP contribution in [0.4, 0.5) is 0 Å². The fourth-order valence-electron chi connectivity index (χ4n) is 1.80. The van der Waals surface area contributed by atoms with Gasteiger partial charge >= 0.3 is 5.97 Å². The lowest BCUT2D eigenvalue weighted by atomic mass is 10.1. The molecule has 0 bridgehead atoms. The lowest BCUT2D eigenvalue weighted by molar-refractivity contribution is -0.132. The van der Waals surface area contributed by atoms with Gasteiger partial charge in [-0.1, -0.05) is 64.2 Å². The van der Waals surface area contributed by atoms with E-state index in [2.05, 4.69) is 19.9 Å². The fraction of sp³-hybridized carbons (Fsp3) is 0.688.